The van der Waals surface area contributed by atoms with Gasteiger partial charge in [-0.3, -0.25) is 4.79 Å². The molecule has 2 N–H and O–H groups in total. The van der Waals surface area contributed by atoms with Gasteiger partial charge in [0.1, 0.15) is 0 Å². The van der Waals surface area contributed by atoms with Crippen LogP contribution in [0.25, 0.3) is 0 Å². The minimum absolute atomic E-state index is 0.0566. The number of hydrogen-bond acceptors (Lipinski definition) is 3. The zero-order valence-electron chi connectivity index (χ0n) is 11.4. The van der Waals surface area contributed by atoms with Crippen LogP contribution in [0.3, 0.4) is 0 Å². The predicted octanol–water partition coefficient (Wildman–Crippen LogP) is 1.61. The van der Waals surface area contributed by atoms with Crippen LogP contribution in [0.1, 0.15) is 38.5 Å². The lowest BCUT2D eigenvalue weighted by Gasteiger charge is -2.55. The first-order valence-corrected chi connectivity index (χ1v) is 7.81. The van der Waals surface area contributed by atoms with Crippen LogP contribution < -0.4 is 5.73 Å². The van der Waals surface area contributed by atoms with Gasteiger partial charge in [-0.2, -0.15) is 4.99 Å². The SMILES string of the molecule is NC1=NC(=O)CCN1CC1C2CC3CC(C2)CC1C3. The summed E-state index contributed by atoms with van der Waals surface area (Å²) in [5, 5.41) is 0. The van der Waals surface area contributed by atoms with E-state index < -0.39 is 0 Å². The summed E-state index contributed by atoms with van der Waals surface area (Å²) in [6.45, 7) is 1.81. The molecule has 19 heavy (non-hydrogen) atoms. The van der Waals surface area contributed by atoms with Gasteiger partial charge >= 0.3 is 0 Å². The van der Waals surface area contributed by atoms with Crippen LogP contribution in [0.15, 0.2) is 4.99 Å². The lowest BCUT2D eigenvalue weighted by molar-refractivity contribution is -0.118. The van der Waals surface area contributed by atoms with Crippen LogP contribution in [0.2, 0.25) is 0 Å². The van der Waals surface area contributed by atoms with E-state index in [1.807, 2.05) is 0 Å². The van der Waals surface area contributed by atoms with E-state index in [0.717, 1.165) is 42.7 Å². The Morgan fingerprint density at radius 2 is 1.74 bits per heavy atom. The van der Waals surface area contributed by atoms with Crippen molar-refractivity contribution in [2.75, 3.05) is 13.1 Å². The van der Waals surface area contributed by atoms with Crippen LogP contribution in [0.5, 0.6) is 0 Å². The molecule has 1 heterocycles. The van der Waals surface area contributed by atoms with Crippen molar-refractivity contribution in [3.05, 3.63) is 0 Å². The largest absolute Gasteiger partial charge is 0.369 e. The van der Waals surface area contributed by atoms with E-state index in [-0.39, 0.29) is 5.91 Å². The molecule has 1 amide bonds. The van der Waals surface area contributed by atoms with Gasteiger partial charge in [0.2, 0.25) is 0 Å². The molecule has 0 atom stereocenters. The Morgan fingerprint density at radius 3 is 2.32 bits per heavy atom. The van der Waals surface area contributed by atoms with E-state index in [0.29, 0.717) is 12.4 Å². The van der Waals surface area contributed by atoms with E-state index >= 15 is 0 Å². The number of rotatable bonds is 2. The van der Waals surface area contributed by atoms with E-state index in [9.17, 15) is 4.79 Å². The summed E-state index contributed by atoms with van der Waals surface area (Å²) in [5.41, 5.74) is 5.93. The molecule has 4 saturated carbocycles. The fraction of sp³-hybridized carbons (Fsp3) is 0.867. The number of aliphatic imine (C=N–C) groups is 1. The third kappa shape index (κ3) is 1.96. The molecule has 0 unspecified atom stereocenters. The van der Waals surface area contributed by atoms with E-state index in [4.69, 9.17) is 5.73 Å². The number of amides is 1. The van der Waals surface area contributed by atoms with E-state index in [2.05, 4.69) is 9.89 Å². The molecule has 104 valence electrons. The highest BCUT2D eigenvalue weighted by Crippen LogP contribution is 2.56. The van der Waals surface area contributed by atoms with Gasteiger partial charge in [-0.05, 0) is 61.7 Å². The number of carbonyl (C=O) groups excluding carboxylic acids is 1. The van der Waals surface area contributed by atoms with Gasteiger partial charge in [0.05, 0.1) is 0 Å². The molecule has 1 aliphatic heterocycles. The maximum absolute atomic E-state index is 11.3. The van der Waals surface area contributed by atoms with Crippen molar-refractivity contribution in [2.24, 2.45) is 40.3 Å². The first kappa shape index (κ1) is 11.7. The molecule has 4 aliphatic carbocycles. The minimum atomic E-state index is -0.0566. The van der Waals surface area contributed by atoms with Crippen molar-refractivity contribution in [3.8, 4) is 0 Å². The Morgan fingerprint density at radius 1 is 1.11 bits per heavy atom. The number of carbonyl (C=O) groups is 1. The van der Waals surface area contributed by atoms with Crippen LogP contribution in [0.4, 0.5) is 0 Å². The van der Waals surface area contributed by atoms with Gasteiger partial charge in [0, 0.05) is 19.5 Å². The second kappa shape index (κ2) is 4.22. The highest BCUT2D eigenvalue weighted by Gasteiger charge is 2.48. The van der Waals surface area contributed by atoms with Gasteiger partial charge < -0.3 is 10.6 Å². The molecule has 4 nitrogen and oxygen atoms in total. The number of nitrogens with zero attached hydrogens (tertiary/aromatic N) is 2. The van der Waals surface area contributed by atoms with Gasteiger partial charge in [0.25, 0.3) is 5.91 Å². The fourth-order valence-electron chi connectivity index (χ4n) is 5.37. The summed E-state index contributed by atoms with van der Waals surface area (Å²) in [4.78, 5) is 17.4. The van der Waals surface area contributed by atoms with Crippen molar-refractivity contribution in [3.63, 3.8) is 0 Å². The Labute approximate surface area is 114 Å². The van der Waals surface area contributed by atoms with Crippen LogP contribution in [-0.4, -0.2) is 29.9 Å². The summed E-state index contributed by atoms with van der Waals surface area (Å²) < 4.78 is 0. The molecule has 0 aromatic heterocycles. The van der Waals surface area contributed by atoms with E-state index in [1.54, 1.807) is 0 Å². The molecule has 4 heteroatoms. The normalized spacial score (nSPS) is 44.6. The number of nitrogens with two attached hydrogens (primary N) is 1. The molecular weight excluding hydrogens is 238 g/mol. The fourth-order valence-corrected chi connectivity index (χ4v) is 5.37. The Balaban J connectivity index is 1.48. The van der Waals surface area contributed by atoms with Crippen molar-refractivity contribution in [1.82, 2.24) is 4.90 Å². The van der Waals surface area contributed by atoms with Crippen molar-refractivity contribution >= 4 is 11.9 Å². The lowest BCUT2D eigenvalue weighted by atomic mass is 9.52. The highest BCUT2D eigenvalue weighted by atomic mass is 16.1. The Kier molecular flexibility index (Phi) is 2.61. The minimum Gasteiger partial charge on any atom is -0.369 e. The molecule has 0 saturated heterocycles. The molecule has 5 aliphatic rings. The van der Waals surface area contributed by atoms with Crippen molar-refractivity contribution < 1.29 is 4.79 Å². The molecule has 4 fully saturated rings. The second-order valence-electron chi connectivity index (χ2n) is 7.15. The van der Waals surface area contributed by atoms with Crippen molar-refractivity contribution in [2.45, 2.75) is 38.5 Å². The summed E-state index contributed by atoms with van der Waals surface area (Å²) in [7, 11) is 0. The van der Waals surface area contributed by atoms with Crippen LogP contribution in [0, 0.1) is 29.6 Å². The maximum atomic E-state index is 11.3. The summed E-state index contributed by atoms with van der Waals surface area (Å²) in [5.74, 6) is 5.09. The summed E-state index contributed by atoms with van der Waals surface area (Å²) >= 11 is 0. The first-order valence-electron chi connectivity index (χ1n) is 7.81. The summed E-state index contributed by atoms with van der Waals surface area (Å²) in [6, 6.07) is 0. The molecule has 0 radical (unpaired) electrons. The molecule has 0 aromatic rings. The monoisotopic (exact) mass is 261 g/mol. The van der Waals surface area contributed by atoms with Gasteiger partial charge in [-0.1, -0.05) is 0 Å². The maximum Gasteiger partial charge on any atom is 0.250 e. The van der Waals surface area contributed by atoms with Gasteiger partial charge in [-0.25, -0.2) is 0 Å². The summed E-state index contributed by atoms with van der Waals surface area (Å²) in [6.07, 6.45) is 7.82. The Bertz CT molecular complexity index is 403. The third-order valence-corrected chi connectivity index (χ3v) is 6.01. The van der Waals surface area contributed by atoms with Crippen LogP contribution in [-0.2, 0) is 4.79 Å². The van der Waals surface area contributed by atoms with Gasteiger partial charge in [-0.15, -0.1) is 0 Å². The highest BCUT2D eigenvalue weighted by molar-refractivity contribution is 5.94. The van der Waals surface area contributed by atoms with Crippen LogP contribution >= 0.6 is 0 Å². The average Bonchev–Trinajstić information content (AvgIpc) is 2.35. The zero-order chi connectivity index (χ0) is 13.0. The van der Waals surface area contributed by atoms with Gasteiger partial charge in [0.15, 0.2) is 5.96 Å². The molecule has 5 rings (SSSR count). The molecule has 0 spiro atoms. The number of guanidine groups is 1. The predicted molar refractivity (Wildman–Crippen MR) is 73.4 cm³/mol. The third-order valence-electron chi connectivity index (χ3n) is 6.01. The quantitative estimate of drug-likeness (QED) is 0.821. The topological polar surface area (TPSA) is 58.7 Å². The molecular formula is C15H23N3O. The molecule has 4 bridgehead atoms. The smallest absolute Gasteiger partial charge is 0.250 e. The second-order valence-corrected chi connectivity index (χ2v) is 7.15. The molecule has 0 aromatic carbocycles. The lowest BCUT2D eigenvalue weighted by Crippen LogP contribution is -2.52. The Hall–Kier alpha value is -1.06. The zero-order valence-corrected chi connectivity index (χ0v) is 11.4. The standard InChI is InChI=1S/C15H23N3O/c16-15-17-14(19)1-2-18(15)8-13-11-4-9-3-10(6-11)7-12(13)5-9/h9-13H,1-8H2,(H2,16,17,19). The van der Waals surface area contributed by atoms with Crippen molar-refractivity contribution in [1.29, 1.82) is 0 Å². The average molecular weight is 261 g/mol. The number of hydrogen-bond donors (Lipinski definition) is 1. The first-order chi connectivity index (χ1) is 9.19. The van der Waals surface area contributed by atoms with E-state index in [1.165, 1.54) is 32.1 Å².